The standard InChI is InChI=1S/C19H24N2O3/c1-19(8-10-20-11-9-19)14-21-18(22)17-15(7-12-23-17)13-24-16-5-3-2-4-6-16/h2-7,12,20H,8-11,13-14H2,1H3,(H,21,22). The Morgan fingerprint density at radius 2 is 2.00 bits per heavy atom. The van der Waals surface area contributed by atoms with Gasteiger partial charge in [-0.3, -0.25) is 4.79 Å². The molecule has 3 rings (SSSR count). The topological polar surface area (TPSA) is 63.5 Å². The lowest BCUT2D eigenvalue weighted by molar-refractivity contribution is 0.0891. The van der Waals surface area contributed by atoms with Crippen molar-refractivity contribution in [3.05, 3.63) is 54.0 Å². The normalized spacial score (nSPS) is 16.5. The highest BCUT2D eigenvalue weighted by atomic mass is 16.5. The molecule has 24 heavy (non-hydrogen) atoms. The Bertz CT molecular complexity index is 660. The van der Waals surface area contributed by atoms with Crippen LogP contribution < -0.4 is 15.4 Å². The maximum Gasteiger partial charge on any atom is 0.287 e. The first-order chi connectivity index (χ1) is 11.7. The molecule has 1 aromatic carbocycles. The molecule has 1 aliphatic rings. The van der Waals surface area contributed by atoms with E-state index in [9.17, 15) is 4.79 Å². The fourth-order valence-electron chi connectivity index (χ4n) is 2.91. The van der Waals surface area contributed by atoms with Crippen molar-refractivity contribution < 1.29 is 13.9 Å². The number of furan rings is 1. The van der Waals surface area contributed by atoms with E-state index in [1.165, 1.54) is 6.26 Å². The van der Waals surface area contributed by atoms with Crippen LogP contribution in [0.25, 0.3) is 0 Å². The van der Waals surface area contributed by atoms with Gasteiger partial charge in [-0.05, 0) is 49.5 Å². The van der Waals surface area contributed by atoms with Crippen LogP contribution in [0.4, 0.5) is 0 Å². The highest BCUT2D eigenvalue weighted by molar-refractivity contribution is 5.92. The number of piperidine rings is 1. The molecule has 1 aromatic heterocycles. The summed E-state index contributed by atoms with van der Waals surface area (Å²) in [6.45, 7) is 5.19. The van der Waals surface area contributed by atoms with E-state index in [2.05, 4.69) is 17.6 Å². The van der Waals surface area contributed by atoms with E-state index in [1.54, 1.807) is 6.07 Å². The Morgan fingerprint density at radius 3 is 2.75 bits per heavy atom. The van der Waals surface area contributed by atoms with Crippen LogP contribution in [0.15, 0.2) is 47.1 Å². The summed E-state index contributed by atoms with van der Waals surface area (Å²) in [4.78, 5) is 12.4. The molecule has 2 N–H and O–H groups in total. The van der Waals surface area contributed by atoms with Gasteiger partial charge in [0.25, 0.3) is 5.91 Å². The second kappa shape index (κ2) is 7.53. The molecule has 0 spiro atoms. The fourth-order valence-corrected chi connectivity index (χ4v) is 2.91. The summed E-state index contributed by atoms with van der Waals surface area (Å²) in [5.74, 6) is 0.933. The fraction of sp³-hybridized carbons (Fsp3) is 0.421. The van der Waals surface area contributed by atoms with Gasteiger partial charge in [-0.1, -0.05) is 25.1 Å². The van der Waals surface area contributed by atoms with E-state index >= 15 is 0 Å². The van der Waals surface area contributed by atoms with Crippen molar-refractivity contribution in [3.8, 4) is 5.75 Å². The molecule has 5 nitrogen and oxygen atoms in total. The minimum Gasteiger partial charge on any atom is -0.489 e. The van der Waals surface area contributed by atoms with E-state index in [-0.39, 0.29) is 11.3 Å². The second-order valence-corrected chi connectivity index (χ2v) is 6.62. The molecule has 1 fully saturated rings. The molecule has 0 aliphatic carbocycles. The van der Waals surface area contributed by atoms with Crippen molar-refractivity contribution in [2.45, 2.75) is 26.4 Å². The smallest absolute Gasteiger partial charge is 0.287 e. The molecule has 1 saturated heterocycles. The molecular weight excluding hydrogens is 304 g/mol. The number of amides is 1. The number of ether oxygens (including phenoxy) is 1. The van der Waals surface area contributed by atoms with Gasteiger partial charge in [0.2, 0.25) is 0 Å². The molecule has 2 aromatic rings. The first-order valence-corrected chi connectivity index (χ1v) is 8.39. The van der Waals surface area contributed by atoms with Crippen LogP contribution in [0.1, 0.15) is 35.9 Å². The molecule has 5 heteroatoms. The highest BCUT2D eigenvalue weighted by Gasteiger charge is 2.28. The molecule has 1 amide bonds. The number of rotatable bonds is 6. The van der Waals surface area contributed by atoms with Gasteiger partial charge in [0.15, 0.2) is 5.76 Å². The average molecular weight is 328 g/mol. The van der Waals surface area contributed by atoms with Gasteiger partial charge in [-0.15, -0.1) is 0 Å². The van der Waals surface area contributed by atoms with Gasteiger partial charge < -0.3 is 19.8 Å². The van der Waals surface area contributed by atoms with Crippen LogP contribution >= 0.6 is 0 Å². The third-order valence-electron chi connectivity index (χ3n) is 4.58. The quantitative estimate of drug-likeness (QED) is 0.856. The minimum atomic E-state index is -0.175. The van der Waals surface area contributed by atoms with Crippen LogP contribution in [-0.4, -0.2) is 25.5 Å². The molecule has 1 aliphatic heterocycles. The third-order valence-corrected chi connectivity index (χ3v) is 4.58. The van der Waals surface area contributed by atoms with E-state index in [0.717, 1.165) is 37.2 Å². The van der Waals surface area contributed by atoms with Crippen molar-refractivity contribution in [1.82, 2.24) is 10.6 Å². The van der Waals surface area contributed by atoms with Gasteiger partial charge in [-0.2, -0.15) is 0 Å². The van der Waals surface area contributed by atoms with Crippen molar-refractivity contribution >= 4 is 5.91 Å². The Kier molecular flexibility index (Phi) is 5.20. The summed E-state index contributed by atoms with van der Waals surface area (Å²) in [7, 11) is 0. The molecule has 0 radical (unpaired) electrons. The molecular formula is C19H24N2O3. The van der Waals surface area contributed by atoms with E-state index in [0.29, 0.717) is 18.9 Å². The number of carbonyl (C=O) groups is 1. The van der Waals surface area contributed by atoms with Gasteiger partial charge in [0.1, 0.15) is 12.4 Å². The Hall–Kier alpha value is -2.27. The summed E-state index contributed by atoms with van der Waals surface area (Å²) >= 11 is 0. The molecule has 0 unspecified atom stereocenters. The van der Waals surface area contributed by atoms with Gasteiger partial charge in [0.05, 0.1) is 6.26 Å². The molecule has 128 valence electrons. The summed E-state index contributed by atoms with van der Waals surface area (Å²) in [5.41, 5.74) is 0.903. The van der Waals surface area contributed by atoms with E-state index in [1.807, 2.05) is 30.3 Å². The SMILES string of the molecule is CC1(CNC(=O)c2occc2COc2ccccc2)CCNCC1. The number of hydrogen-bond acceptors (Lipinski definition) is 4. The third kappa shape index (κ3) is 4.17. The molecule has 0 atom stereocenters. The number of nitrogens with one attached hydrogen (secondary N) is 2. The van der Waals surface area contributed by atoms with Gasteiger partial charge in [0, 0.05) is 12.1 Å². The summed E-state index contributed by atoms with van der Waals surface area (Å²) in [5, 5.41) is 6.37. The predicted octanol–water partition coefficient (Wildman–Crippen LogP) is 2.98. The largest absolute Gasteiger partial charge is 0.489 e. The van der Waals surface area contributed by atoms with Crippen LogP contribution in [0.5, 0.6) is 5.75 Å². The minimum absolute atomic E-state index is 0.147. The number of hydrogen-bond donors (Lipinski definition) is 2. The van der Waals surface area contributed by atoms with E-state index in [4.69, 9.17) is 9.15 Å². The van der Waals surface area contributed by atoms with E-state index < -0.39 is 0 Å². The van der Waals surface area contributed by atoms with Crippen molar-refractivity contribution in [2.24, 2.45) is 5.41 Å². The number of carbonyl (C=O) groups excluding carboxylic acids is 1. The Labute approximate surface area is 142 Å². The first kappa shape index (κ1) is 16.6. The number of benzene rings is 1. The zero-order valence-electron chi connectivity index (χ0n) is 14.0. The lowest BCUT2D eigenvalue weighted by Gasteiger charge is -2.34. The van der Waals surface area contributed by atoms with Crippen molar-refractivity contribution in [2.75, 3.05) is 19.6 Å². The van der Waals surface area contributed by atoms with Crippen LogP contribution in [0.3, 0.4) is 0 Å². The summed E-state index contributed by atoms with van der Waals surface area (Å²) in [6, 6.07) is 11.3. The lowest BCUT2D eigenvalue weighted by Crippen LogP contribution is -2.43. The van der Waals surface area contributed by atoms with Crippen molar-refractivity contribution in [1.29, 1.82) is 0 Å². The average Bonchev–Trinajstić information content (AvgIpc) is 3.08. The molecule has 2 heterocycles. The van der Waals surface area contributed by atoms with Crippen LogP contribution in [0, 0.1) is 5.41 Å². The molecule has 0 saturated carbocycles. The maximum atomic E-state index is 12.4. The lowest BCUT2D eigenvalue weighted by atomic mass is 9.81. The summed E-state index contributed by atoms with van der Waals surface area (Å²) in [6.07, 6.45) is 3.66. The molecule has 0 bridgehead atoms. The Morgan fingerprint density at radius 1 is 1.25 bits per heavy atom. The zero-order chi connectivity index (χ0) is 16.8. The van der Waals surface area contributed by atoms with Crippen molar-refractivity contribution in [3.63, 3.8) is 0 Å². The first-order valence-electron chi connectivity index (χ1n) is 8.39. The second-order valence-electron chi connectivity index (χ2n) is 6.62. The van der Waals surface area contributed by atoms with Gasteiger partial charge in [-0.25, -0.2) is 0 Å². The summed E-state index contributed by atoms with van der Waals surface area (Å²) < 4.78 is 11.1. The Balaban J connectivity index is 1.56. The number of para-hydroxylation sites is 1. The predicted molar refractivity (Wildman–Crippen MR) is 92.0 cm³/mol. The van der Waals surface area contributed by atoms with Gasteiger partial charge >= 0.3 is 0 Å². The van der Waals surface area contributed by atoms with Crippen LogP contribution in [-0.2, 0) is 6.61 Å². The maximum absolute atomic E-state index is 12.4. The zero-order valence-corrected chi connectivity index (χ0v) is 14.0. The monoisotopic (exact) mass is 328 g/mol. The highest BCUT2D eigenvalue weighted by Crippen LogP contribution is 2.27. The van der Waals surface area contributed by atoms with Crippen LogP contribution in [0.2, 0.25) is 0 Å².